The van der Waals surface area contributed by atoms with Crippen LogP contribution in [0, 0.1) is 19.8 Å². The zero-order valence-electron chi connectivity index (χ0n) is 12.1. The molecule has 1 fully saturated rings. The van der Waals surface area contributed by atoms with Gasteiger partial charge in [-0.3, -0.25) is 0 Å². The summed E-state index contributed by atoms with van der Waals surface area (Å²) in [6.07, 6.45) is 1.24. The number of rotatable bonds is 4. The number of aliphatic imine (C=N–C) groups is 1. The number of aryl methyl sites for hydroxylation is 2. The van der Waals surface area contributed by atoms with Crippen LogP contribution in [0.5, 0.6) is 0 Å². The number of furan rings is 1. The molecule has 1 saturated carbocycles. The van der Waals surface area contributed by atoms with Crippen LogP contribution in [0.25, 0.3) is 0 Å². The van der Waals surface area contributed by atoms with Crippen LogP contribution >= 0.6 is 24.0 Å². The summed E-state index contributed by atoms with van der Waals surface area (Å²) < 4.78 is 5.51. The molecule has 0 radical (unpaired) electrons. The summed E-state index contributed by atoms with van der Waals surface area (Å²) in [7, 11) is 0. The topological polar surface area (TPSA) is 49.6 Å². The summed E-state index contributed by atoms with van der Waals surface area (Å²) >= 11 is 0. The van der Waals surface area contributed by atoms with Gasteiger partial charge < -0.3 is 15.1 Å². The van der Waals surface area contributed by atoms with Gasteiger partial charge in [0.2, 0.25) is 0 Å². The van der Waals surface area contributed by atoms with Gasteiger partial charge in [-0.2, -0.15) is 0 Å². The van der Waals surface area contributed by atoms with E-state index in [1.54, 1.807) is 0 Å². The molecule has 108 valence electrons. The third-order valence-corrected chi connectivity index (χ3v) is 3.33. The third kappa shape index (κ3) is 4.71. The molecule has 2 unspecified atom stereocenters. The number of guanidine groups is 1. The zero-order chi connectivity index (χ0) is 13.1. The van der Waals surface area contributed by atoms with Crippen LogP contribution in [-0.2, 0) is 6.54 Å². The predicted molar refractivity (Wildman–Crippen MR) is 89.1 cm³/mol. The van der Waals surface area contributed by atoms with Gasteiger partial charge in [-0.15, -0.1) is 24.0 Å². The summed E-state index contributed by atoms with van der Waals surface area (Å²) in [6.45, 7) is 9.85. The Balaban J connectivity index is 0.00000180. The second-order valence-corrected chi connectivity index (χ2v) is 5.10. The minimum absolute atomic E-state index is 0. The first-order valence-corrected chi connectivity index (χ1v) is 6.71. The lowest BCUT2D eigenvalue weighted by Crippen LogP contribution is -2.39. The van der Waals surface area contributed by atoms with Crippen molar-refractivity contribution in [2.24, 2.45) is 10.9 Å². The van der Waals surface area contributed by atoms with E-state index in [1.807, 2.05) is 13.8 Å². The predicted octanol–water partition coefficient (Wildman–Crippen LogP) is 2.98. The molecule has 1 heterocycles. The summed E-state index contributed by atoms with van der Waals surface area (Å²) in [6, 6.07) is 2.65. The van der Waals surface area contributed by atoms with Crippen molar-refractivity contribution in [3.05, 3.63) is 23.2 Å². The Morgan fingerprint density at radius 3 is 2.63 bits per heavy atom. The summed E-state index contributed by atoms with van der Waals surface area (Å²) in [4.78, 5) is 4.61. The van der Waals surface area contributed by atoms with Crippen molar-refractivity contribution >= 4 is 29.9 Å². The minimum atomic E-state index is 0. The molecule has 19 heavy (non-hydrogen) atoms. The molecule has 1 aliphatic rings. The maximum atomic E-state index is 5.51. The Morgan fingerprint density at radius 2 is 2.16 bits per heavy atom. The second-order valence-electron chi connectivity index (χ2n) is 5.10. The van der Waals surface area contributed by atoms with E-state index >= 15 is 0 Å². The summed E-state index contributed by atoms with van der Waals surface area (Å²) in [5.41, 5.74) is 1.16. The molecule has 4 nitrogen and oxygen atoms in total. The van der Waals surface area contributed by atoms with Crippen LogP contribution in [0.2, 0.25) is 0 Å². The highest BCUT2D eigenvalue weighted by Gasteiger charge is 2.33. The van der Waals surface area contributed by atoms with Gasteiger partial charge in [0, 0.05) is 18.2 Å². The Hall–Kier alpha value is -0.720. The van der Waals surface area contributed by atoms with Gasteiger partial charge in [-0.25, -0.2) is 4.99 Å². The molecule has 0 amide bonds. The Labute approximate surface area is 132 Å². The summed E-state index contributed by atoms with van der Waals surface area (Å²) in [5, 5.41) is 6.73. The lowest BCUT2D eigenvalue weighted by Gasteiger charge is -2.10. The molecule has 2 rings (SSSR count). The van der Waals surface area contributed by atoms with E-state index in [0.717, 1.165) is 35.5 Å². The van der Waals surface area contributed by atoms with Crippen molar-refractivity contribution in [2.75, 3.05) is 6.54 Å². The standard InChI is InChI=1S/C14H23N3O.HI/c1-5-15-14(17-13-6-9(13)2)16-8-12-7-10(3)18-11(12)4;/h7,9,13H,5-6,8H2,1-4H3,(H2,15,16,17);1H. The van der Waals surface area contributed by atoms with Crippen LogP contribution in [-0.4, -0.2) is 18.5 Å². The van der Waals surface area contributed by atoms with E-state index < -0.39 is 0 Å². The van der Waals surface area contributed by atoms with E-state index in [1.165, 1.54) is 6.42 Å². The maximum absolute atomic E-state index is 5.51. The SMILES string of the molecule is CCNC(=NCc1cc(C)oc1C)NC1CC1C.I. The van der Waals surface area contributed by atoms with Gasteiger partial charge in [0.25, 0.3) is 0 Å². The quantitative estimate of drug-likeness (QED) is 0.482. The molecule has 1 aliphatic carbocycles. The van der Waals surface area contributed by atoms with Crippen molar-refractivity contribution in [3.63, 3.8) is 0 Å². The van der Waals surface area contributed by atoms with Crippen LogP contribution in [0.15, 0.2) is 15.5 Å². The lowest BCUT2D eigenvalue weighted by atomic mass is 10.2. The fourth-order valence-electron chi connectivity index (χ4n) is 2.02. The Morgan fingerprint density at radius 1 is 1.47 bits per heavy atom. The fraction of sp³-hybridized carbons (Fsp3) is 0.643. The van der Waals surface area contributed by atoms with Gasteiger partial charge in [0.05, 0.1) is 6.54 Å². The van der Waals surface area contributed by atoms with Gasteiger partial charge >= 0.3 is 0 Å². The van der Waals surface area contributed by atoms with E-state index in [9.17, 15) is 0 Å². The smallest absolute Gasteiger partial charge is 0.191 e. The van der Waals surface area contributed by atoms with Gasteiger partial charge in [0.15, 0.2) is 5.96 Å². The van der Waals surface area contributed by atoms with E-state index in [0.29, 0.717) is 12.6 Å². The molecule has 0 bridgehead atoms. The normalized spacial score (nSPS) is 21.8. The van der Waals surface area contributed by atoms with Gasteiger partial charge in [-0.05, 0) is 39.2 Å². The molecule has 0 saturated heterocycles. The maximum Gasteiger partial charge on any atom is 0.191 e. The lowest BCUT2D eigenvalue weighted by molar-refractivity contribution is 0.501. The monoisotopic (exact) mass is 377 g/mol. The molecular formula is C14H24IN3O. The molecule has 0 aliphatic heterocycles. The molecule has 1 aromatic rings. The molecular weight excluding hydrogens is 353 g/mol. The average Bonchev–Trinajstić information content (AvgIpc) is 2.89. The molecule has 5 heteroatoms. The first kappa shape index (κ1) is 16.3. The van der Waals surface area contributed by atoms with Crippen LogP contribution < -0.4 is 10.6 Å². The zero-order valence-corrected chi connectivity index (χ0v) is 14.4. The fourth-order valence-corrected chi connectivity index (χ4v) is 2.02. The van der Waals surface area contributed by atoms with E-state index in [4.69, 9.17) is 4.42 Å². The van der Waals surface area contributed by atoms with Crippen LogP contribution in [0.4, 0.5) is 0 Å². The first-order valence-electron chi connectivity index (χ1n) is 6.71. The molecule has 2 N–H and O–H groups in total. The number of nitrogens with one attached hydrogen (secondary N) is 2. The Bertz CT molecular complexity index is 442. The van der Waals surface area contributed by atoms with Crippen molar-refractivity contribution < 1.29 is 4.42 Å². The van der Waals surface area contributed by atoms with Crippen molar-refractivity contribution in [1.29, 1.82) is 0 Å². The van der Waals surface area contributed by atoms with Crippen molar-refractivity contribution in [1.82, 2.24) is 10.6 Å². The highest BCUT2D eigenvalue weighted by atomic mass is 127. The molecule has 2 atom stereocenters. The highest BCUT2D eigenvalue weighted by Crippen LogP contribution is 2.28. The van der Waals surface area contributed by atoms with Crippen molar-refractivity contribution in [2.45, 2.75) is 46.7 Å². The van der Waals surface area contributed by atoms with Gasteiger partial charge in [0.1, 0.15) is 11.5 Å². The van der Waals surface area contributed by atoms with E-state index in [-0.39, 0.29) is 24.0 Å². The average molecular weight is 377 g/mol. The number of halogens is 1. The van der Waals surface area contributed by atoms with Crippen LogP contribution in [0.3, 0.4) is 0 Å². The number of hydrogen-bond donors (Lipinski definition) is 2. The largest absolute Gasteiger partial charge is 0.466 e. The Kier molecular flexibility index (Phi) is 6.16. The third-order valence-electron chi connectivity index (χ3n) is 3.33. The molecule has 1 aromatic heterocycles. The van der Waals surface area contributed by atoms with Crippen LogP contribution in [0.1, 0.15) is 37.4 Å². The summed E-state index contributed by atoms with van der Waals surface area (Å²) in [5.74, 6) is 3.59. The van der Waals surface area contributed by atoms with Gasteiger partial charge in [-0.1, -0.05) is 6.92 Å². The minimum Gasteiger partial charge on any atom is -0.466 e. The number of hydrogen-bond acceptors (Lipinski definition) is 2. The second kappa shape index (κ2) is 7.17. The molecule has 0 aromatic carbocycles. The first-order chi connectivity index (χ1) is 8.60. The van der Waals surface area contributed by atoms with E-state index in [2.05, 4.69) is 35.5 Å². The molecule has 0 spiro atoms. The van der Waals surface area contributed by atoms with Crippen molar-refractivity contribution in [3.8, 4) is 0 Å². The number of nitrogens with zero attached hydrogens (tertiary/aromatic N) is 1. The highest BCUT2D eigenvalue weighted by molar-refractivity contribution is 14.0.